The van der Waals surface area contributed by atoms with E-state index in [4.69, 9.17) is 4.52 Å². The van der Waals surface area contributed by atoms with E-state index in [1.807, 2.05) is 0 Å². The van der Waals surface area contributed by atoms with Crippen LogP contribution in [0.1, 0.15) is 22.0 Å². The highest BCUT2D eigenvalue weighted by Crippen LogP contribution is 2.18. The van der Waals surface area contributed by atoms with E-state index < -0.39 is 23.2 Å². The van der Waals surface area contributed by atoms with Gasteiger partial charge in [0.05, 0.1) is 0 Å². The average molecular weight is 438 g/mol. The number of nitrogens with zero attached hydrogens (tertiary/aromatic N) is 6. The molecule has 9 nitrogen and oxygen atoms in total. The summed E-state index contributed by atoms with van der Waals surface area (Å²) in [5.74, 6) is -1.10. The van der Waals surface area contributed by atoms with Gasteiger partial charge in [0.15, 0.2) is 5.82 Å². The van der Waals surface area contributed by atoms with Crippen LogP contribution in [0.5, 0.6) is 0 Å². The molecule has 32 heavy (non-hydrogen) atoms. The van der Waals surface area contributed by atoms with Crippen LogP contribution in [0.25, 0.3) is 11.5 Å². The normalized spacial score (nSPS) is 13.4. The molecule has 0 radical (unpaired) electrons. The van der Waals surface area contributed by atoms with E-state index in [0.29, 0.717) is 11.1 Å². The molecule has 3 heterocycles. The van der Waals surface area contributed by atoms with Gasteiger partial charge in [0.25, 0.3) is 11.8 Å². The molecule has 0 N–H and O–H groups in total. The first-order valence-electron chi connectivity index (χ1n) is 9.78. The molecule has 0 fully saturated rings. The standard InChI is InChI=1S/C21H16F2N6O3/c22-15-6-3-5-13(10-15)19-24-17(26-32-19)12-29-21(31)28-9-8-27(20(30)18(28)25-29)11-14-4-1-2-7-16(14)23/h1-7,10H,8-9,11-12H2. The van der Waals surface area contributed by atoms with Crippen LogP contribution in [0.3, 0.4) is 0 Å². The lowest BCUT2D eigenvalue weighted by Crippen LogP contribution is -2.42. The SMILES string of the molecule is O=C1c2nn(Cc3noc(-c4cccc(F)c4)n3)c(=O)n2CCN1Cc1ccccc1F. The molecular formula is C21H16F2N6O3. The minimum Gasteiger partial charge on any atom is -0.334 e. The third-order valence-corrected chi connectivity index (χ3v) is 5.14. The highest BCUT2D eigenvalue weighted by molar-refractivity contribution is 5.91. The van der Waals surface area contributed by atoms with Gasteiger partial charge in [-0.3, -0.25) is 9.36 Å². The smallest absolute Gasteiger partial charge is 0.334 e. The number of hydrogen-bond donors (Lipinski definition) is 0. The second kappa shape index (κ2) is 7.84. The molecule has 1 amide bonds. The van der Waals surface area contributed by atoms with Gasteiger partial charge >= 0.3 is 5.69 Å². The summed E-state index contributed by atoms with van der Waals surface area (Å²) in [6, 6.07) is 11.9. The molecule has 0 saturated heterocycles. The largest absolute Gasteiger partial charge is 0.346 e. The van der Waals surface area contributed by atoms with Crippen molar-refractivity contribution in [2.24, 2.45) is 0 Å². The number of hydrogen-bond acceptors (Lipinski definition) is 6. The molecule has 0 spiro atoms. The van der Waals surface area contributed by atoms with E-state index in [1.165, 1.54) is 33.7 Å². The summed E-state index contributed by atoms with van der Waals surface area (Å²) in [5, 5.41) is 7.95. The summed E-state index contributed by atoms with van der Waals surface area (Å²) in [6.07, 6.45) is 0. The maximum Gasteiger partial charge on any atom is 0.346 e. The summed E-state index contributed by atoms with van der Waals surface area (Å²) in [7, 11) is 0. The number of rotatable bonds is 5. The summed E-state index contributed by atoms with van der Waals surface area (Å²) < 4.78 is 34.9. The molecule has 4 aromatic rings. The lowest BCUT2D eigenvalue weighted by Gasteiger charge is -2.26. The fourth-order valence-electron chi connectivity index (χ4n) is 3.54. The second-order valence-electron chi connectivity index (χ2n) is 7.26. The Balaban J connectivity index is 1.37. The highest BCUT2D eigenvalue weighted by Gasteiger charge is 2.30. The summed E-state index contributed by atoms with van der Waals surface area (Å²) in [4.78, 5) is 31.2. The van der Waals surface area contributed by atoms with Gasteiger partial charge in [-0.2, -0.15) is 4.98 Å². The van der Waals surface area contributed by atoms with Gasteiger partial charge < -0.3 is 9.42 Å². The van der Waals surface area contributed by atoms with Gasteiger partial charge in [-0.05, 0) is 24.3 Å². The molecule has 0 atom stereocenters. The van der Waals surface area contributed by atoms with Gasteiger partial charge in [0, 0.05) is 30.8 Å². The average Bonchev–Trinajstić information content (AvgIpc) is 3.37. The molecule has 2 aromatic heterocycles. The van der Waals surface area contributed by atoms with Gasteiger partial charge in [-0.25, -0.2) is 18.3 Å². The van der Waals surface area contributed by atoms with Crippen LogP contribution in [0, 0.1) is 11.6 Å². The van der Waals surface area contributed by atoms with Crippen molar-refractivity contribution in [2.75, 3.05) is 6.54 Å². The molecule has 162 valence electrons. The molecule has 0 saturated carbocycles. The van der Waals surface area contributed by atoms with Crippen LogP contribution in [0.15, 0.2) is 57.8 Å². The first-order chi connectivity index (χ1) is 15.5. The predicted molar refractivity (Wildman–Crippen MR) is 106 cm³/mol. The lowest BCUT2D eigenvalue weighted by atomic mass is 10.2. The van der Waals surface area contributed by atoms with Crippen molar-refractivity contribution in [2.45, 2.75) is 19.6 Å². The molecule has 0 aliphatic carbocycles. The maximum absolute atomic E-state index is 14.0. The Morgan fingerprint density at radius 2 is 1.84 bits per heavy atom. The Kier molecular flexibility index (Phi) is 4.85. The van der Waals surface area contributed by atoms with E-state index in [0.717, 1.165) is 4.68 Å². The molecule has 1 aliphatic rings. The van der Waals surface area contributed by atoms with Gasteiger partial charge in [0.2, 0.25) is 5.82 Å². The predicted octanol–water partition coefficient (Wildman–Crippen LogP) is 2.08. The summed E-state index contributed by atoms with van der Waals surface area (Å²) >= 11 is 0. The number of amides is 1. The van der Waals surface area contributed by atoms with Crippen molar-refractivity contribution >= 4 is 5.91 Å². The number of aromatic nitrogens is 5. The van der Waals surface area contributed by atoms with Crippen LogP contribution in [-0.4, -0.2) is 41.8 Å². The van der Waals surface area contributed by atoms with Crippen LogP contribution in [-0.2, 0) is 19.6 Å². The monoisotopic (exact) mass is 438 g/mol. The van der Waals surface area contributed by atoms with Crippen molar-refractivity contribution in [3.05, 3.63) is 87.9 Å². The third-order valence-electron chi connectivity index (χ3n) is 5.14. The van der Waals surface area contributed by atoms with Crippen molar-refractivity contribution < 1.29 is 18.1 Å². The Morgan fingerprint density at radius 3 is 2.66 bits per heavy atom. The molecule has 11 heteroatoms. The molecule has 0 unspecified atom stereocenters. The number of fused-ring (bicyclic) bond motifs is 1. The Bertz CT molecular complexity index is 1380. The van der Waals surface area contributed by atoms with Crippen molar-refractivity contribution in [1.82, 2.24) is 29.4 Å². The first-order valence-corrected chi connectivity index (χ1v) is 9.78. The third kappa shape index (κ3) is 3.57. The molecular weight excluding hydrogens is 422 g/mol. The van der Waals surface area contributed by atoms with Crippen LogP contribution < -0.4 is 5.69 Å². The number of carbonyl (C=O) groups excluding carboxylic acids is 1. The summed E-state index contributed by atoms with van der Waals surface area (Å²) in [6.45, 7) is 0.430. The second-order valence-corrected chi connectivity index (χ2v) is 7.26. The van der Waals surface area contributed by atoms with Crippen molar-refractivity contribution in [1.29, 1.82) is 0 Å². The molecule has 1 aliphatic heterocycles. The quantitative estimate of drug-likeness (QED) is 0.473. The van der Waals surface area contributed by atoms with Gasteiger partial charge in [-0.15, -0.1) is 5.10 Å². The van der Waals surface area contributed by atoms with Gasteiger partial charge in [0.1, 0.15) is 18.2 Å². The number of halogens is 2. The molecule has 5 rings (SSSR count). The Morgan fingerprint density at radius 1 is 1.00 bits per heavy atom. The summed E-state index contributed by atoms with van der Waals surface area (Å²) in [5.41, 5.74) is 0.294. The Hall–Kier alpha value is -4.15. The fraction of sp³-hybridized carbons (Fsp3) is 0.190. The zero-order valence-electron chi connectivity index (χ0n) is 16.6. The van der Waals surface area contributed by atoms with Gasteiger partial charge in [-0.1, -0.05) is 29.4 Å². The highest BCUT2D eigenvalue weighted by atomic mass is 19.1. The van der Waals surface area contributed by atoms with Crippen LogP contribution >= 0.6 is 0 Å². The minimum atomic E-state index is -0.490. The maximum atomic E-state index is 14.0. The first kappa shape index (κ1) is 19.8. The van der Waals surface area contributed by atoms with Crippen LogP contribution in [0.2, 0.25) is 0 Å². The topological polar surface area (TPSA) is 99.0 Å². The van der Waals surface area contributed by atoms with E-state index in [1.54, 1.807) is 24.3 Å². The lowest BCUT2D eigenvalue weighted by molar-refractivity contribution is 0.0679. The minimum absolute atomic E-state index is 0.0357. The molecule has 2 aromatic carbocycles. The van der Waals surface area contributed by atoms with E-state index in [2.05, 4.69) is 15.2 Å². The van der Waals surface area contributed by atoms with Crippen LogP contribution in [0.4, 0.5) is 8.78 Å². The van der Waals surface area contributed by atoms with Crippen molar-refractivity contribution in [3.63, 3.8) is 0 Å². The van der Waals surface area contributed by atoms with E-state index in [9.17, 15) is 18.4 Å². The zero-order valence-corrected chi connectivity index (χ0v) is 16.6. The molecule has 0 bridgehead atoms. The Labute approximate surface area is 179 Å². The van der Waals surface area contributed by atoms with Crippen molar-refractivity contribution in [3.8, 4) is 11.5 Å². The van der Waals surface area contributed by atoms with E-state index in [-0.39, 0.29) is 43.7 Å². The number of benzene rings is 2. The fourth-order valence-corrected chi connectivity index (χ4v) is 3.54. The zero-order chi connectivity index (χ0) is 22.2. The number of carbonyl (C=O) groups is 1. The van der Waals surface area contributed by atoms with E-state index >= 15 is 0 Å².